The number of carbonyl (C=O) groups is 1. The molecule has 0 aromatic heterocycles. The Bertz CT molecular complexity index is 462. The van der Waals surface area contributed by atoms with E-state index in [1.54, 1.807) is 11.8 Å². The number of rotatable bonds is 3. The number of halogens is 2. The van der Waals surface area contributed by atoms with Crippen LogP contribution in [0.5, 0.6) is 0 Å². The number of hydrogen-bond donors (Lipinski definition) is 2. The predicted octanol–water partition coefficient (Wildman–Crippen LogP) is 2.97. The lowest BCUT2D eigenvalue weighted by Gasteiger charge is -2.24. The van der Waals surface area contributed by atoms with Crippen molar-refractivity contribution < 1.29 is 18.7 Å². The quantitative estimate of drug-likeness (QED) is 0.889. The fraction of sp³-hybridized carbons (Fsp3) is 0.417. The smallest absolute Gasteiger partial charge is 0.338 e. The van der Waals surface area contributed by atoms with Crippen molar-refractivity contribution in [3.63, 3.8) is 0 Å². The van der Waals surface area contributed by atoms with Gasteiger partial charge < -0.3 is 10.4 Å². The van der Waals surface area contributed by atoms with Crippen LogP contribution in [-0.2, 0) is 0 Å². The van der Waals surface area contributed by atoms with Gasteiger partial charge in [-0.2, -0.15) is 11.8 Å². The molecule has 1 unspecified atom stereocenters. The lowest BCUT2D eigenvalue weighted by Crippen LogP contribution is -2.26. The average Bonchev–Trinajstić information content (AvgIpc) is 2.33. The summed E-state index contributed by atoms with van der Waals surface area (Å²) in [6.07, 6.45) is 1.95. The summed E-state index contributed by atoms with van der Waals surface area (Å²) >= 11 is 1.77. The summed E-state index contributed by atoms with van der Waals surface area (Å²) in [5.41, 5.74) is -0.455. The van der Waals surface area contributed by atoms with E-state index in [9.17, 15) is 13.6 Å². The molecule has 1 aromatic rings. The Balaban J connectivity index is 2.21. The second-order valence-corrected chi connectivity index (χ2v) is 5.33. The molecule has 1 atom stereocenters. The summed E-state index contributed by atoms with van der Waals surface area (Å²) < 4.78 is 26.8. The first-order chi connectivity index (χ1) is 8.58. The van der Waals surface area contributed by atoms with Gasteiger partial charge in [-0.1, -0.05) is 0 Å². The zero-order valence-corrected chi connectivity index (χ0v) is 10.4. The standard InChI is InChI=1S/C12H13F2NO2S/c13-9-5-10(14)11(4-8(9)12(16)17)15-7-2-1-3-18-6-7/h4-5,7,15H,1-3,6H2,(H,16,17). The maximum Gasteiger partial charge on any atom is 0.338 e. The number of carboxylic acid groups (broad SMARTS) is 1. The first-order valence-corrected chi connectivity index (χ1v) is 6.80. The second-order valence-electron chi connectivity index (χ2n) is 4.18. The van der Waals surface area contributed by atoms with Gasteiger partial charge in [-0.25, -0.2) is 13.6 Å². The molecule has 0 bridgehead atoms. The van der Waals surface area contributed by atoms with Gasteiger partial charge in [0, 0.05) is 17.9 Å². The number of hydrogen-bond acceptors (Lipinski definition) is 3. The van der Waals surface area contributed by atoms with Gasteiger partial charge >= 0.3 is 5.97 Å². The molecular weight excluding hydrogens is 260 g/mol. The SMILES string of the molecule is O=C(O)c1cc(NC2CCCSC2)c(F)cc1F. The highest BCUT2D eigenvalue weighted by Crippen LogP contribution is 2.24. The van der Waals surface area contributed by atoms with Gasteiger partial charge in [0.2, 0.25) is 0 Å². The zero-order valence-electron chi connectivity index (χ0n) is 9.58. The van der Waals surface area contributed by atoms with Gasteiger partial charge in [0.15, 0.2) is 0 Å². The molecule has 0 radical (unpaired) electrons. The molecule has 1 aliphatic heterocycles. The highest BCUT2D eigenvalue weighted by Gasteiger charge is 2.19. The van der Waals surface area contributed by atoms with Crippen LogP contribution < -0.4 is 5.32 Å². The van der Waals surface area contributed by atoms with Gasteiger partial charge in [-0.3, -0.25) is 0 Å². The van der Waals surface area contributed by atoms with Crippen LogP contribution in [0.15, 0.2) is 12.1 Å². The molecule has 98 valence electrons. The van der Waals surface area contributed by atoms with Crippen LogP contribution in [0, 0.1) is 11.6 Å². The van der Waals surface area contributed by atoms with Crippen LogP contribution in [0.3, 0.4) is 0 Å². The minimum Gasteiger partial charge on any atom is -0.478 e. The highest BCUT2D eigenvalue weighted by molar-refractivity contribution is 7.99. The minimum atomic E-state index is -1.39. The van der Waals surface area contributed by atoms with Crippen molar-refractivity contribution in [1.29, 1.82) is 0 Å². The average molecular weight is 273 g/mol. The van der Waals surface area contributed by atoms with Crippen LogP contribution >= 0.6 is 11.8 Å². The molecular formula is C12H13F2NO2S. The number of anilines is 1. The van der Waals surface area contributed by atoms with Crippen LogP contribution in [0.25, 0.3) is 0 Å². The molecule has 0 spiro atoms. The molecule has 1 saturated heterocycles. The third kappa shape index (κ3) is 2.93. The van der Waals surface area contributed by atoms with E-state index in [1.165, 1.54) is 0 Å². The second kappa shape index (κ2) is 5.56. The number of nitrogens with one attached hydrogen (secondary N) is 1. The van der Waals surface area contributed by atoms with Crippen LogP contribution in [0.1, 0.15) is 23.2 Å². The summed E-state index contributed by atoms with van der Waals surface area (Å²) in [4.78, 5) is 10.8. The zero-order chi connectivity index (χ0) is 13.1. The van der Waals surface area contributed by atoms with E-state index in [0.29, 0.717) is 6.07 Å². The van der Waals surface area contributed by atoms with Crippen molar-refractivity contribution in [2.24, 2.45) is 0 Å². The Kier molecular flexibility index (Phi) is 4.06. The van der Waals surface area contributed by atoms with Crippen molar-refractivity contribution in [1.82, 2.24) is 0 Å². The Morgan fingerprint density at radius 1 is 1.39 bits per heavy atom. The van der Waals surface area contributed by atoms with Crippen LogP contribution in [0.4, 0.5) is 14.5 Å². The molecule has 0 amide bonds. The van der Waals surface area contributed by atoms with Gasteiger partial charge in [-0.05, 0) is 24.7 Å². The number of thioether (sulfide) groups is 1. The number of carboxylic acids is 1. The van der Waals surface area contributed by atoms with Crippen molar-refractivity contribution in [3.05, 3.63) is 29.3 Å². The fourth-order valence-corrected chi connectivity index (χ4v) is 2.97. The molecule has 2 N–H and O–H groups in total. The molecule has 6 heteroatoms. The van der Waals surface area contributed by atoms with E-state index in [-0.39, 0.29) is 11.7 Å². The van der Waals surface area contributed by atoms with Crippen molar-refractivity contribution in [3.8, 4) is 0 Å². The Hall–Kier alpha value is -1.30. The fourth-order valence-electron chi connectivity index (χ4n) is 1.90. The first kappa shape index (κ1) is 13.1. The topological polar surface area (TPSA) is 49.3 Å². The largest absolute Gasteiger partial charge is 0.478 e. The van der Waals surface area contributed by atoms with Gasteiger partial charge in [0.25, 0.3) is 0 Å². The van der Waals surface area contributed by atoms with Crippen molar-refractivity contribution >= 4 is 23.4 Å². The maximum absolute atomic E-state index is 13.5. The molecule has 1 aromatic carbocycles. The van der Waals surface area contributed by atoms with E-state index >= 15 is 0 Å². The summed E-state index contributed by atoms with van der Waals surface area (Å²) in [5.74, 6) is -1.27. The maximum atomic E-state index is 13.5. The molecule has 0 saturated carbocycles. The monoisotopic (exact) mass is 273 g/mol. The first-order valence-electron chi connectivity index (χ1n) is 5.64. The number of benzene rings is 1. The van der Waals surface area contributed by atoms with Gasteiger partial charge in [0.1, 0.15) is 11.6 Å². The summed E-state index contributed by atoms with van der Waals surface area (Å²) in [6, 6.07) is 1.74. The minimum absolute atomic E-state index is 0.0568. The molecule has 1 aliphatic rings. The van der Waals surface area contributed by atoms with Gasteiger partial charge in [-0.15, -0.1) is 0 Å². The van der Waals surface area contributed by atoms with Crippen LogP contribution in [0.2, 0.25) is 0 Å². The molecule has 3 nitrogen and oxygen atoms in total. The lowest BCUT2D eigenvalue weighted by molar-refractivity contribution is 0.0692. The number of aromatic carboxylic acids is 1. The van der Waals surface area contributed by atoms with E-state index in [1.807, 2.05) is 0 Å². The normalized spacial score (nSPS) is 19.6. The predicted molar refractivity (Wildman–Crippen MR) is 67.3 cm³/mol. The molecule has 0 aliphatic carbocycles. The van der Waals surface area contributed by atoms with E-state index in [4.69, 9.17) is 5.11 Å². The highest BCUT2D eigenvalue weighted by atomic mass is 32.2. The Morgan fingerprint density at radius 3 is 2.78 bits per heavy atom. The van der Waals surface area contributed by atoms with Gasteiger partial charge in [0.05, 0.1) is 11.3 Å². The molecule has 1 heterocycles. The third-order valence-electron chi connectivity index (χ3n) is 2.81. The lowest BCUT2D eigenvalue weighted by atomic mass is 10.1. The molecule has 18 heavy (non-hydrogen) atoms. The van der Waals surface area contributed by atoms with Crippen molar-refractivity contribution in [2.45, 2.75) is 18.9 Å². The van der Waals surface area contributed by atoms with Crippen LogP contribution in [-0.4, -0.2) is 28.6 Å². The molecule has 2 rings (SSSR count). The Labute approximate surface area is 108 Å². The molecule has 1 fully saturated rings. The third-order valence-corrected chi connectivity index (χ3v) is 4.02. The summed E-state index contributed by atoms with van der Waals surface area (Å²) in [6.45, 7) is 0. The van der Waals surface area contributed by atoms with E-state index < -0.39 is 23.2 Å². The summed E-state index contributed by atoms with van der Waals surface area (Å²) in [7, 11) is 0. The van der Waals surface area contributed by atoms with E-state index in [2.05, 4.69) is 5.32 Å². The van der Waals surface area contributed by atoms with Crippen molar-refractivity contribution in [2.75, 3.05) is 16.8 Å². The Morgan fingerprint density at radius 2 is 2.17 bits per heavy atom. The summed E-state index contributed by atoms with van der Waals surface area (Å²) in [5, 5.41) is 11.7. The van der Waals surface area contributed by atoms with E-state index in [0.717, 1.165) is 30.4 Å².